The summed E-state index contributed by atoms with van der Waals surface area (Å²) in [5.74, 6) is -0.203. The monoisotopic (exact) mass is 368 g/mol. The van der Waals surface area contributed by atoms with Crippen LogP contribution in [0.2, 0.25) is 0 Å². The average molecular weight is 368 g/mol. The topological polar surface area (TPSA) is 90.1 Å². The standard InChI is InChI=1S/C18H16N4O3S/c1-26-18-19-10-11-21(18)15-8-4-14(5-9-15)17(23)20-12-13-2-6-16(7-3-13)22(24)25/h2-11H,12H2,1H3,(H,20,23). The number of nitrogens with zero attached hydrogens (tertiary/aromatic N) is 3. The van der Waals surface area contributed by atoms with Crippen LogP contribution >= 0.6 is 11.8 Å². The van der Waals surface area contributed by atoms with Gasteiger partial charge in [-0.1, -0.05) is 23.9 Å². The van der Waals surface area contributed by atoms with Crippen molar-refractivity contribution in [3.05, 3.63) is 82.2 Å². The molecule has 0 saturated heterocycles. The predicted molar refractivity (Wildman–Crippen MR) is 99.6 cm³/mol. The van der Waals surface area contributed by atoms with Crippen molar-refractivity contribution in [2.24, 2.45) is 0 Å². The molecule has 0 aliphatic rings. The highest BCUT2D eigenvalue weighted by molar-refractivity contribution is 7.98. The molecule has 0 atom stereocenters. The molecule has 0 radical (unpaired) electrons. The molecule has 0 aliphatic carbocycles. The van der Waals surface area contributed by atoms with Gasteiger partial charge in [-0.15, -0.1) is 0 Å². The second-order valence-corrected chi connectivity index (χ2v) is 6.21. The summed E-state index contributed by atoms with van der Waals surface area (Å²) < 4.78 is 1.95. The van der Waals surface area contributed by atoms with Gasteiger partial charge in [0.1, 0.15) is 0 Å². The van der Waals surface area contributed by atoms with Crippen molar-refractivity contribution in [3.63, 3.8) is 0 Å². The summed E-state index contributed by atoms with van der Waals surface area (Å²) in [7, 11) is 0. The number of hydrogen-bond donors (Lipinski definition) is 1. The van der Waals surface area contributed by atoms with Gasteiger partial charge in [-0.25, -0.2) is 4.98 Å². The van der Waals surface area contributed by atoms with Crippen LogP contribution in [0.1, 0.15) is 15.9 Å². The molecule has 1 heterocycles. The molecule has 2 aromatic carbocycles. The fourth-order valence-electron chi connectivity index (χ4n) is 2.43. The van der Waals surface area contributed by atoms with Gasteiger partial charge in [0.2, 0.25) is 0 Å². The van der Waals surface area contributed by atoms with E-state index in [2.05, 4.69) is 10.3 Å². The summed E-state index contributed by atoms with van der Waals surface area (Å²) in [5.41, 5.74) is 2.30. The molecule has 3 rings (SSSR count). The van der Waals surface area contributed by atoms with Gasteiger partial charge >= 0.3 is 0 Å². The van der Waals surface area contributed by atoms with E-state index in [0.717, 1.165) is 16.4 Å². The van der Waals surface area contributed by atoms with Gasteiger partial charge in [-0.3, -0.25) is 19.5 Å². The lowest BCUT2D eigenvalue weighted by atomic mass is 10.1. The normalized spacial score (nSPS) is 10.5. The van der Waals surface area contributed by atoms with E-state index in [1.54, 1.807) is 42.2 Å². The lowest BCUT2D eigenvalue weighted by molar-refractivity contribution is -0.384. The van der Waals surface area contributed by atoms with Crippen molar-refractivity contribution >= 4 is 23.4 Å². The minimum Gasteiger partial charge on any atom is -0.348 e. The van der Waals surface area contributed by atoms with Gasteiger partial charge in [-0.2, -0.15) is 0 Å². The Kier molecular flexibility index (Phi) is 5.33. The zero-order valence-corrected chi connectivity index (χ0v) is 14.8. The maximum Gasteiger partial charge on any atom is 0.269 e. The Morgan fingerprint density at radius 1 is 1.19 bits per heavy atom. The van der Waals surface area contributed by atoms with Crippen molar-refractivity contribution in [2.45, 2.75) is 11.7 Å². The number of imidazole rings is 1. The van der Waals surface area contributed by atoms with Crippen molar-refractivity contribution < 1.29 is 9.72 Å². The number of amides is 1. The van der Waals surface area contributed by atoms with Gasteiger partial charge in [0, 0.05) is 42.3 Å². The van der Waals surface area contributed by atoms with Crippen LogP contribution in [0, 0.1) is 10.1 Å². The third kappa shape index (κ3) is 3.92. The second kappa shape index (κ2) is 7.83. The van der Waals surface area contributed by atoms with Gasteiger partial charge in [0.25, 0.3) is 11.6 Å². The molecular weight excluding hydrogens is 352 g/mol. The summed E-state index contributed by atoms with van der Waals surface area (Å²) in [4.78, 5) is 26.7. The molecule has 0 fully saturated rings. The summed E-state index contributed by atoms with van der Waals surface area (Å²) >= 11 is 1.55. The maximum atomic E-state index is 12.3. The molecular formula is C18H16N4O3S. The minimum atomic E-state index is -0.452. The second-order valence-electron chi connectivity index (χ2n) is 5.44. The number of hydrogen-bond acceptors (Lipinski definition) is 5. The number of carbonyl (C=O) groups is 1. The lowest BCUT2D eigenvalue weighted by Crippen LogP contribution is -2.22. The summed E-state index contributed by atoms with van der Waals surface area (Å²) in [6.07, 6.45) is 5.56. The quantitative estimate of drug-likeness (QED) is 0.409. The molecule has 1 N–H and O–H groups in total. The molecule has 26 heavy (non-hydrogen) atoms. The van der Waals surface area contributed by atoms with Crippen molar-refractivity contribution in [2.75, 3.05) is 6.26 Å². The minimum absolute atomic E-state index is 0.0276. The van der Waals surface area contributed by atoms with Crippen LogP contribution in [0.5, 0.6) is 0 Å². The number of thioether (sulfide) groups is 1. The molecule has 0 aliphatic heterocycles. The number of aromatic nitrogens is 2. The lowest BCUT2D eigenvalue weighted by Gasteiger charge is -2.08. The summed E-state index contributed by atoms with van der Waals surface area (Å²) in [6.45, 7) is 0.302. The highest BCUT2D eigenvalue weighted by Gasteiger charge is 2.09. The molecule has 0 spiro atoms. The molecule has 3 aromatic rings. The molecule has 132 valence electrons. The average Bonchev–Trinajstić information content (AvgIpc) is 3.15. The van der Waals surface area contributed by atoms with Crippen LogP contribution in [-0.2, 0) is 6.54 Å². The van der Waals surface area contributed by atoms with E-state index in [-0.39, 0.29) is 11.6 Å². The number of nitro benzene ring substituents is 1. The third-order valence-corrected chi connectivity index (χ3v) is 4.46. The number of non-ortho nitro benzene ring substituents is 1. The van der Waals surface area contributed by atoms with Crippen molar-refractivity contribution in [3.8, 4) is 5.69 Å². The molecule has 7 nitrogen and oxygen atoms in total. The summed E-state index contributed by atoms with van der Waals surface area (Å²) in [6, 6.07) is 13.3. The van der Waals surface area contributed by atoms with E-state index in [9.17, 15) is 14.9 Å². The van der Waals surface area contributed by atoms with Gasteiger partial charge in [0.05, 0.1) is 4.92 Å². The van der Waals surface area contributed by atoms with E-state index in [1.807, 2.05) is 29.2 Å². The molecule has 8 heteroatoms. The smallest absolute Gasteiger partial charge is 0.269 e. The number of nitrogens with one attached hydrogen (secondary N) is 1. The first kappa shape index (κ1) is 17.7. The van der Waals surface area contributed by atoms with Gasteiger partial charge < -0.3 is 5.32 Å². The molecule has 0 unspecified atom stereocenters. The fraction of sp³-hybridized carbons (Fsp3) is 0.111. The van der Waals surface area contributed by atoms with Crippen molar-refractivity contribution in [1.29, 1.82) is 0 Å². The van der Waals surface area contributed by atoms with Crippen LogP contribution < -0.4 is 5.32 Å². The Labute approximate surface area is 154 Å². The van der Waals surface area contributed by atoms with Crippen LogP contribution in [0.4, 0.5) is 5.69 Å². The number of rotatable bonds is 6. The Morgan fingerprint density at radius 2 is 1.88 bits per heavy atom. The van der Waals surface area contributed by atoms with Crippen LogP contribution in [0.3, 0.4) is 0 Å². The highest BCUT2D eigenvalue weighted by atomic mass is 32.2. The predicted octanol–water partition coefficient (Wildman–Crippen LogP) is 3.43. The van der Waals surface area contributed by atoms with E-state index in [1.165, 1.54) is 12.1 Å². The maximum absolute atomic E-state index is 12.3. The van der Waals surface area contributed by atoms with Crippen LogP contribution in [-0.4, -0.2) is 26.6 Å². The van der Waals surface area contributed by atoms with Crippen molar-refractivity contribution in [1.82, 2.24) is 14.9 Å². The Hall–Kier alpha value is -3.13. The molecule has 1 amide bonds. The van der Waals surface area contributed by atoms with E-state index in [0.29, 0.717) is 12.1 Å². The zero-order valence-electron chi connectivity index (χ0n) is 14.0. The fourth-order valence-corrected chi connectivity index (χ4v) is 2.96. The van der Waals surface area contributed by atoms with Gasteiger partial charge in [0.15, 0.2) is 5.16 Å². The molecule has 0 saturated carbocycles. The molecule has 1 aromatic heterocycles. The SMILES string of the molecule is CSc1nccn1-c1ccc(C(=O)NCc2ccc([N+](=O)[O-])cc2)cc1. The van der Waals surface area contributed by atoms with E-state index in [4.69, 9.17) is 0 Å². The van der Waals surface area contributed by atoms with E-state index >= 15 is 0 Å². The Morgan fingerprint density at radius 3 is 2.50 bits per heavy atom. The number of nitro groups is 1. The Balaban J connectivity index is 1.64. The summed E-state index contributed by atoms with van der Waals surface area (Å²) in [5, 5.41) is 14.3. The zero-order chi connectivity index (χ0) is 18.5. The number of carbonyl (C=O) groups excluding carboxylic acids is 1. The highest BCUT2D eigenvalue weighted by Crippen LogP contribution is 2.18. The first-order chi connectivity index (χ1) is 12.6. The first-order valence-corrected chi connectivity index (χ1v) is 9.00. The number of benzene rings is 2. The van der Waals surface area contributed by atoms with Crippen LogP contribution in [0.15, 0.2) is 66.1 Å². The first-order valence-electron chi connectivity index (χ1n) is 7.78. The van der Waals surface area contributed by atoms with E-state index < -0.39 is 4.92 Å². The molecule has 0 bridgehead atoms. The largest absolute Gasteiger partial charge is 0.348 e. The third-order valence-electron chi connectivity index (χ3n) is 3.80. The van der Waals surface area contributed by atoms with Crippen LogP contribution in [0.25, 0.3) is 5.69 Å². The van der Waals surface area contributed by atoms with Gasteiger partial charge in [-0.05, 0) is 36.1 Å². The Bertz CT molecular complexity index is 920.